The Bertz CT molecular complexity index is 640. The van der Waals surface area contributed by atoms with Crippen LogP contribution in [0.3, 0.4) is 0 Å². The highest BCUT2D eigenvalue weighted by atomic mass is 16.4. The molecule has 0 saturated heterocycles. The normalized spacial score (nSPS) is 13.0. The molecule has 0 radical (unpaired) electrons. The maximum atomic E-state index is 5.36. The van der Waals surface area contributed by atoms with Crippen molar-refractivity contribution in [2.45, 2.75) is 0 Å². The van der Waals surface area contributed by atoms with Crippen molar-refractivity contribution >= 4 is 33.4 Å². The maximum absolute atomic E-state index is 5.36. The van der Waals surface area contributed by atoms with Crippen molar-refractivity contribution in [3.05, 3.63) is 18.2 Å². The Morgan fingerprint density at radius 2 is 2.00 bits per heavy atom. The highest BCUT2D eigenvalue weighted by Gasteiger charge is 2.21. The second-order valence-electron chi connectivity index (χ2n) is 2.93. The summed E-state index contributed by atoms with van der Waals surface area (Å²) in [7, 11) is 0. The molecule has 0 aliphatic heterocycles. The first-order valence-electron chi connectivity index (χ1n) is 3.76. The lowest BCUT2D eigenvalue weighted by Gasteiger charge is -2.12. The minimum Gasteiger partial charge on any atom is -0.450 e. The van der Waals surface area contributed by atoms with E-state index in [1.807, 2.05) is 18.2 Å². The van der Waals surface area contributed by atoms with Gasteiger partial charge in [0.2, 0.25) is 11.3 Å². The zero-order valence-corrected chi connectivity index (χ0v) is 6.00. The molecule has 4 aromatic heterocycles. The Kier molecular flexibility index (Phi) is 0.525. The molecule has 0 N–H and O–H groups in total. The molecule has 0 saturated carbocycles. The molecule has 0 fully saturated rings. The molecule has 0 unspecified atom stereocenters. The van der Waals surface area contributed by atoms with Crippen molar-refractivity contribution in [1.29, 1.82) is 0 Å². The van der Waals surface area contributed by atoms with E-state index in [1.54, 1.807) is 0 Å². The predicted molar refractivity (Wildman–Crippen MR) is 43.7 cm³/mol. The number of aromatic nitrogens is 1. The molecule has 0 spiro atoms. The van der Waals surface area contributed by atoms with Gasteiger partial charge in [0.1, 0.15) is 5.58 Å². The van der Waals surface area contributed by atoms with E-state index in [2.05, 4.69) is 4.98 Å². The van der Waals surface area contributed by atoms with E-state index in [0.29, 0.717) is 5.71 Å². The molecule has 1 aromatic carbocycles. The van der Waals surface area contributed by atoms with E-state index < -0.39 is 0 Å². The number of nitrogens with zero attached hydrogens (tertiary/aromatic N) is 1. The fourth-order valence-electron chi connectivity index (χ4n) is 1.70. The van der Waals surface area contributed by atoms with E-state index >= 15 is 0 Å². The van der Waals surface area contributed by atoms with Crippen LogP contribution in [0.1, 0.15) is 0 Å². The number of hydrogen-bond acceptors (Lipinski definition) is 3. The summed E-state index contributed by atoms with van der Waals surface area (Å²) in [4.78, 5) is 4.14. The van der Waals surface area contributed by atoms with Gasteiger partial charge in [-0.2, -0.15) is 4.98 Å². The number of rotatable bonds is 0. The van der Waals surface area contributed by atoms with Crippen molar-refractivity contribution < 1.29 is 8.83 Å². The van der Waals surface area contributed by atoms with Gasteiger partial charge in [0.15, 0.2) is 0 Å². The molecular weight excluding hydrogens is 154 g/mol. The highest BCUT2D eigenvalue weighted by Crippen LogP contribution is 2.39. The molecule has 12 heavy (non-hydrogen) atoms. The zero-order chi connectivity index (χ0) is 7.71. The molecule has 0 aliphatic carbocycles. The first kappa shape index (κ1) is 4.98. The van der Waals surface area contributed by atoms with Gasteiger partial charge in [-0.1, -0.05) is 6.07 Å². The van der Waals surface area contributed by atoms with E-state index in [0.717, 1.165) is 22.3 Å². The third-order valence-corrected chi connectivity index (χ3v) is 2.29. The van der Waals surface area contributed by atoms with E-state index in [-0.39, 0.29) is 0 Å². The number of pyridine rings is 1. The van der Waals surface area contributed by atoms with Crippen molar-refractivity contribution in [2.75, 3.05) is 0 Å². The molecule has 0 atom stereocenters. The monoisotopic (exact) mass is 157 g/mol. The molecule has 5 aromatic rings. The molecule has 2 bridgehead atoms. The maximum Gasteiger partial charge on any atom is 0.268 e. The van der Waals surface area contributed by atoms with Crippen LogP contribution in [0.2, 0.25) is 0 Å². The molecule has 3 nitrogen and oxygen atoms in total. The third kappa shape index (κ3) is 0.328. The Morgan fingerprint density at radius 1 is 1.08 bits per heavy atom. The zero-order valence-electron chi connectivity index (χ0n) is 6.00. The van der Waals surface area contributed by atoms with Gasteiger partial charge in [-0.05, 0) is 12.1 Å². The summed E-state index contributed by atoms with van der Waals surface area (Å²) in [5.41, 5.74) is 3.11. The van der Waals surface area contributed by atoms with Crippen LogP contribution in [0.4, 0.5) is 0 Å². The summed E-state index contributed by atoms with van der Waals surface area (Å²) in [5, 5.41) is 2.23. The van der Waals surface area contributed by atoms with Gasteiger partial charge in [-0.15, -0.1) is 0 Å². The largest absolute Gasteiger partial charge is 0.450 e. The minimum atomic E-state index is 0.635. The van der Waals surface area contributed by atoms with Gasteiger partial charge in [0.25, 0.3) is 5.71 Å². The van der Waals surface area contributed by atoms with Gasteiger partial charge >= 0.3 is 0 Å². The average Bonchev–Trinajstić information content (AvgIpc) is 1.98. The quantitative estimate of drug-likeness (QED) is 0.393. The smallest absolute Gasteiger partial charge is 0.268 e. The van der Waals surface area contributed by atoms with Crippen LogP contribution in [0.15, 0.2) is 27.0 Å². The summed E-state index contributed by atoms with van der Waals surface area (Å²) in [6.07, 6.45) is 0. The molecule has 0 amide bonds. The lowest BCUT2D eigenvalue weighted by atomic mass is 10.1. The molecule has 3 heteroatoms. The summed E-state index contributed by atoms with van der Waals surface area (Å²) in [5.74, 6) is 0. The van der Waals surface area contributed by atoms with Gasteiger partial charge in [0.05, 0.1) is 10.8 Å². The van der Waals surface area contributed by atoms with E-state index in [9.17, 15) is 0 Å². The average molecular weight is 157 g/mol. The molecule has 56 valence electrons. The highest BCUT2D eigenvalue weighted by molar-refractivity contribution is 6.18. The predicted octanol–water partition coefficient (Wildman–Crippen LogP) is 2.60. The summed E-state index contributed by atoms with van der Waals surface area (Å²) < 4.78 is 10.6. The van der Waals surface area contributed by atoms with E-state index in [1.165, 1.54) is 5.39 Å². The van der Waals surface area contributed by atoms with Crippen molar-refractivity contribution in [3.8, 4) is 0 Å². The van der Waals surface area contributed by atoms with Gasteiger partial charge in [-0.25, -0.2) is 0 Å². The van der Waals surface area contributed by atoms with Gasteiger partial charge in [0, 0.05) is 0 Å². The SMILES string of the molecule is c1cc2oc3c4nc(o4)c(c1)c23. The van der Waals surface area contributed by atoms with Gasteiger partial charge in [-0.3, -0.25) is 0 Å². The van der Waals surface area contributed by atoms with Crippen LogP contribution < -0.4 is 0 Å². The van der Waals surface area contributed by atoms with Crippen LogP contribution >= 0.6 is 0 Å². The third-order valence-electron chi connectivity index (χ3n) is 2.29. The number of hydrogen-bond donors (Lipinski definition) is 0. The standard InChI is InChI=1S/C9H3NO2/c1-2-4-6-5(3-1)11-7(6)9-10-8(4)12-9/h1-3H. The fraction of sp³-hybridized carbons (Fsp3) is 0. The Morgan fingerprint density at radius 3 is 2.83 bits per heavy atom. The Hall–Kier alpha value is -1.77. The summed E-state index contributed by atoms with van der Waals surface area (Å²) in [6, 6.07) is 5.89. The van der Waals surface area contributed by atoms with Crippen LogP contribution in [0.5, 0.6) is 0 Å². The molecule has 5 rings (SSSR count). The van der Waals surface area contributed by atoms with Crippen molar-refractivity contribution in [3.63, 3.8) is 0 Å². The van der Waals surface area contributed by atoms with Crippen LogP contribution in [0.25, 0.3) is 33.4 Å². The summed E-state index contributed by atoms with van der Waals surface area (Å²) in [6.45, 7) is 0. The minimum absolute atomic E-state index is 0.635. The van der Waals surface area contributed by atoms with Crippen LogP contribution in [0, 0.1) is 0 Å². The van der Waals surface area contributed by atoms with Crippen LogP contribution in [-0.2, 0) is 0 Å². The van der Waals surface area contributed by atoms with Crippen LogP contribution in [-0.4, -0.2) is 4.98 Å². The molecule has 0 aliphatic rings. The summed E-state index contributed by atoms with van der Waals surface area (Å²) >= 11 is 0. The second-order valence-corrected chi connectivity index (χ2v) is 2.93. The first-order chi connectivity index (χ1) is 5.93. The Labute approximate surface area is 66.2 Å². The molecular formula is C9H3NO2. The first-order valence-corrected chi connectivity index (χ1v) is 3.76. The van der Waals surface area contributed by atoms with E-state index in [4.69, 9.17) is 8.83 Å². The molecule has 4 heterocycles. The Balaban J connectivity index is 2.55. The number of benzene rings is 1. The fourth-order valence-corrected chi connectivity index (χ4v) is 1.70. The lowest BCUT2D eigenvalue weighted by Crippen LogP contribution is -1.93. The van der Waals surface area contributed by atoms with Crippen molar-refractivity contribution in [2.24, 2.45) is 0 Å². The lowest BCUT2D eigenvalue weighted by molar-refractivity contribution is 0.559. The van der Waals surface area contributed by atoms with Crippen molar-refractivity contribution in [1.82, 2.24) is 4.98 Å². The van der Waals surface area contributed by atoms with Gasteiger partial charge < -0.3 is 8.83 Å². The topological polar surface area (TPSA) is 39.2 Å². The second kappa shape index (κ2) is 1.27.